The van der Waals surface area contributed by atoms with Gasteiger partial charge in [0, 0.05) is 17.4 Å². The molecule has 4 rings (SSSR count). The molecule has 0 fully saturated rings. The zero-order valence-electron chi connectivity index (χ0n) is 16.7. The summed E-state index contributed by atoms with van der Waals surface area (Å²) in [5.74, 6) is 2.12. The number of para-hydroxylation sites is 1. The topological polar surface area (TPSA) is 72.3 Å². The third-order valence-electron chi connectivity index (χ3n) is 4.54. The number of aromatic amines is 1. The van der Waals surface area contributed by atoms with Crippen molar-refractivity contribution in [2.75, 3.05) is 12.4 Å². The molecule has 1 N–H and O–H groups in total. The summed E-state index contributed by atoms with van der Waals surface area (Å²) in [6.07, 6.45) is 2.63. The average molecular weight is 419 g/mol. The molecule has 0 saturated carbocycles. The van der Waals surface area contributed by atoms with Crippen LogP contribution in [0.4, 0.5) is 0 Å². The zero-order valence-corrected chi connectivity index (χ0v) is 17.5. The molecule has 2 aromatic carbocycles. The van der Waals surface area contributed by atoms with Gasteiger partial charge in [0.05, 0.1) is 6.61 Å². The molecule has 2 heterocycles. The van der Waals surface area contributed by atoms with E-state index in [0.29, 0.717) is 29.0 Å². The van der Waals surface area contributed by atoms with Gasteiger partial charge >= 0.3 is 0 Å². The molecule has 0 amide bonds. The Balaban J connectivity index is 1.53. The molecule has 152 valence electrons. The van der Waals surface area contributed by atoms with Crippen molar-refractivity contribution < 1.29 is 4.74 Å². The highest BCUT2D eigenvalue weighted by molar-refractivity contribution is 7.99. The minimum absolute atomic E-state index is 0.207. The maximum Gasteiger partial charge on any atom is 0.266 e. The van der Waals surface area contributed by atoms with Crippen LogP contribution in [0.3, 0.4) is 0 Å². The van der Waals surface area contributed by atoms with E-state index in [1.165, 1.54) is 23.4 Å². The summed E-state index contributed by atoms with van der Waals surface area (Å²) >= 11 is 1.51. The summed E-state index contributed by atoms with van der Waals surface area (Å²) in [6, 6.07) is 17.4. The summed E-state index contributed by atoms with van der Waals surface area (Å²) in [5.41, 5.74) is 3.53. The number of H-pyrrole nitrogens is 1. The highest BCUT2D eigenvalue weighted by atomic mass is 32.2. The van der Waals surface area contributed by atoms with E-state index in [2.05, 4.69) is 21.6 Å². The Kier molecular flexibility index (Phi) is 5.99. The first kappa shape index (κ1) is 20.0. The molecule has 0 unspecified atom stereocenters. The summed E-state index contributed by atoms with van der Waals surface area (Å²) in [7, 11) is 0. The van der Waals surface area contributed by atoms with Crippen molar-refractivity contribution in [1.82, 2.24) is 19.6 Å². The third-order valence-corrected chi connectivity index (χ3v) is 5.45. The first-order valence-electron chi connectivity index (χ1n) is 9.65. The number of nitrogens with zero attached hydrogens (tertiary/aromatic N) is 3. The van der Waals surface area contributed by atoms with Gasteiger partial charge in [0.15, 0.2) is 16.6 Å². The Morgan fingerprint density at radius 1 is 1.17 bits per heavy atom. The first-order chi connectivity index (χ1) is 14.6. The van der Waals surface area contributed by atoms with Crippen LogP contribution in [0.1, 0.15) is 11.1 Å². The van der Waals surface area contributed by atoms with Crippen LogP contribution in [-0.4, -0.2) is 31.9 Å². The van der Waals surface area contributed by atoms with E-state index in [0.717, 1.165) is 23.3 Å². The molecule has 0 bridgehead atoms. The summed E-state index contributed by atoms with van der Waals surface area (Å²) in [5, 5.41) is 3.43. The minimum Gasteiger partial charge on any atom is -0.492 e. The van der Waals surface area contributed by atoms with Crippen LogP contribution in [0, 0.1) is 6.92 Å². The molecule has 0 aliphatic carbocycles. The molecular weight excluding hydrogens is 396 g/mol. The SMILES string of the molecule is C=CCc1ccccc1OCCSc1nc(-c2ccc(C)cc2)nc2cc(=O)[nH]n12. The van der Waals surface area contributed by atoms with Gasteiger partial charge in [-0.1, -0.05) is 65.9 Å². The van der Waals surface area contributed by atoms with Crippen LogP contribution in [0.5, 0.6) is 5.75 Å². The van der Waals surface area contributed by atoms with E-state index in [-0.39, 0.29) is 5.56 Å². The normalized spacial score (nSPS) is 11.0. The maximum atomic E-state index is 11.9. The molecule has 0 saturated heterocycles. The lowest BCUT2D eigenvalue weighted by Gasteiger charge is -2.11. The van der Waals surface area contributed by atoms with Crippen LogP contribution < -0.4 is 10.3 Å². The van der Waals surface area contributed by atoms with Crippen molar-refractivity contribution in [3.63, 3.8) is 0 Å². The number of hydrogen-bond donors (Lipinski definition) is 1. The van der Waals surface area contributed by atoms with Crippen LogP contribution >= 0.6 is 11.8 Å². The Hall–Kier alpha value is -3.32. The number of benzene rings is 2. The van der Waals surface area contributed by atoms with Crippen molar-refractivity contribution in [1.29, 1.82) is 0 Å². The van der Waals surface area contributed by atoms with E-state index in [4.69, 9.17) is 4.74 Å². The van der Waals surface area contributed by atoms with Gasteiger partial charge in [0.2, 0.25) is 0 Å². The van der Waals surface area contributed by atoms with Gasteiger partial charge in [-0.3, -0.25) is 9.89 Å². The smallest absolute Gasteiger partial charge is 0.266 e. The average Bonchev–Trinajstić information content (AvgIpc) is 3.13. The van der Waals surface area contributed by atoms with Gasteiger partial charge in [0.25, 0.3) is 5.56 Å². The van der Waals surface area contributed by atoms with E-state index in [1.807, 2.05) is 61.5 Å². The Bertz CT molecular complexity index is 1230. The fraction of sp³-hybridized carbons (Fsp3) is 0.174. The predicted molar refractivity (Wildman–Crippen MR) is 120 cm³/mol. The van der Waals surface area contributed by atoms with E-state index in [1.54, 1.807) is 4.52 Å². The van der Waals surface area contributed by atoms with Gasteiger partial charge in [0.1, 0.15) is 5.75 Å². The number of rotatable bonds is 8. The molecule has 0 spiro atoms. The Morgan fingerprint density at radius 3 is 2.77 bits per heavy atom. The molecule has 4 aromatic rings. The molecule has 2 aromatic heterocycles. The fourth-order valence-corrected chi connectivity index (χ4v) is 3.83. The standard InChI is InChI=1S/C23H22N4O2S/c1-3-6-17-7-4-5-8-19(17)29-13-14-30-23-25-22(18-11-9-16(2)10-12-18)24-20-15-21(28)26-27(20)23/h3-5,7-12,15H,1,6,13-14H2,2H3,(H,26,28). The summed E-state index contributed by atoms with van der Waals surface area (Å²) < 4.78 is 7.58. The highest BCUT2D eigenvalue weighted by Crippen LogP contribution is 2.23. The second-order valence-electron chi connectivity index (χ2n) is 6.81. The lowest BCUT2D eigenvalue weighted by atomic mass is 10.1. The number of thioether (sulfide) groups is 1. The molecule has 0 atom stereocenters. The second kappa shape index (κ2) is 9.00. The Labute approximate surface area is 178 Å². The van der Waals surface area contributed by atoms with E-state index >= 15 is 0 Å². The fourth-order valence-electron chi connectivity index (χ4n) is 3.07. The molecule has 6 nitrogen and oxygen atoms in total. The summed E-state index contributed by atoms with van der Waals surface area (Å²) in [4.78, 5) is 21.1. The molecule has 30 heavy (non-hydrogen) atoms. The number of aromatic nitrogens is 4. The molecule has 0 aliphatic rings. The van der Waals surface area contributed by atoms with Crippen molar-refractivity contribution >= 4 is 17.4 Å². The monoisotopic (exact) mass is 418 g/mol. The van der Waals surface area contributed by atoms with E-state index in [9.17, 15) is 4.79 Å². The number of ether oxygens (including phenoxy) is 1. The zero-order chi connectivity index (χ0) is 20.9. The number of fused-ring (bicyclic) bond motifs is 1. The quantitative estimate of drug-likeness (QED) is 0.262. The highest BCUT2D eigenvalue weighted by Gasteiger charge is 2.12. The Morgan fingerprint density at radius 2 is 1.97 bits per heavy atom. The van der Waals surface area contributed by atoms with Gasteiger partial charge < -0.3 is 4.74 Å². The molecule has 0 aliphatic heterocycles. The molecule has 7 heteroatoms. The van der Waals surface area contributed by atoms with Gasteiger partial charge in [-0.25, -0.2) is 14.5 Å². The number of nitrogens with one attached hydrogen (secondary N) is 1. The third kappa shape index (κ3) is 4.46. The number of hydrogen-bond acceptors (Lipinski definition) is 5. The molecular formula is C23H22N4O2S. The largest absolute Gasteiger partial charge is 0.492 e. The predicted octanol–water partition coefficient (Wildman–Crippen LogP) is 4.29. The second-order valence-corrected chi connectivity index (χ2v) is 7.87. The van der Waals surface area contributed by atoms with Gasteiger partial charge in [-0.15, -0.1) is 6.58 Å². The number of aryl methyl sites for hydroxylation is 1. The van der Waals surface area contributed by atoms with Crippen molar-refractivity contribution in [3.8, 4) is 17.1 Å². The van der Waals surface area contributed by atoms with E-state index < -0.39 is 0 Å². The minimum atomic E-state index is -0.207. The number of allylic oxidation sites excluding steroid dienone is 1. The maximum absolute atomic E-state index is 11.9. The van der Waals surface area contributed by atoms with Crippen molar-refractivity contribution in [2.45, 2.75) is 18.5 Å². The first-order valence-corrected chi connectivity index (χ1v) is 10.6. The summed E-state index contributed by atoms with van der Waals surface area (Å²) in [6.45, 7) is 6.34. The van der Waals surface area contributed by atoms with Gasteiger partial charge in [-0.05, 0) is 25.0 Å². The van der Waals surface area contributed by atoms with Crippen LogP contribution in [0.25, 0.3) is 17.0 Å². The van der Waals surface area contributed by atoms with Gasteiger partial charge in [-0.2, -0.15) is 0 Å². The van der Waals surface area contributed by atoms with Crippen molar-refractivity contribution in [3.05, 3.63) is 88.7 Å². The van der Waals surface area contributed by atoms with Crippen LogP contribution in [0.15, 0.2) is 77.2 Å². The molecule has 0 radical (unpaired) electrons. The van der Waals surface area contributed by atoms with Crippen molar-refractivity contribution in [2.24, 2.45) is 0 Å². The lowest BCUT2D eigenvalue weighted by Crippen LogP contribution is -2.07. The van der Waals surface area contributed by atoms with Crippen LogP contribution in [0.2, 0.25) is 0 Å². The van der Waals surface area contributed by atoms with Crippen LogP contribution in [-0.2, 0) is 6.42 Å². The lowest BCUT2D eigenvalue weighted by molar-refractivity contribution is 0.340.